The highest BCUT2D eigenvalue weighted by Gasteiger charge is 2.31. The summed E-state index contributed by atoms with van der Waals surface area (Å²) in [5.41, 5.74) is 5.27. The lowest BCUT2D eigenvalue weighted by molar-refractivity contribution is -0.137. The SMILES string of the molecule is Nc1cc(C(F)(F)F)cc(CBr)c1Br. The van der Waals surface area contributed by atoms with Crippen LogP contribution < -0.4 is 5.73 Å². The van der Waals surface area contributed by atoms with E-state index in [2.05, 4.69) is 31.9 Å². The largest absolute Gasteiger partial charge is 0.416 e. The molecule has 0 aliphatic carbocycles. The van der Waals surface area contributed by atoms with E-state index in [1.54, 1.807) is 0 Å². The minimum atomic E-state index is -4.36. The standard InChI is InChI=1S/C8H6Br2F3N/c9-3-4-1-5(8(11,12)13)2-6(14)7(4)10/h1-2H,3,14H2. The van der Waals surface area contributed by atoms with E-state index >= 15 is 0 Å². The summed E-state index contributed by atoms with van der Waals surface area (Å²) in [5.74, 6) is 0. The van der Waals surface area contributed by atoms with E-state index in [0.717, 1.165) is 12.1 Å². The molecule has 14 heavy (non-hydrogen) atoms. The van der Waals surface area contributed by atoms with Crippen molar-refractivity contribution in [2.45, 2.75) is 11.5 Å². The number of nitrogen functional groups attached to an aromatic ring is 1. The average molecular weight is 333 g/mol. The molecule has 6 heteroatoms. The van der Waals surface area contributed by atoms with Crippen LogP contribution in [0.2, 0.25) is 0 Å². The first-order valence-electron chi connectivity index (χ1n) is 3.57. The smallest absolute Gasteiger partial charge is 0.398 e. The number of benzene rings is 1. The van der Waals surface area contributed by atoms with Crippen LogP contribution in [0.4, 0.5) is 18.9 Å². The van der Waals surface area contributed by atoms with Gasteiger partial charge in [0.05, 0.1) is 5.56 Å². The molecule has 1 aromatic carbocycles. The number of rotatable bonds is 1. The molecule has 0 heterocycles. The highest BCUT2D eigenvalue weighted by molar-refractivity contribution is 9.11. The zero-order valence-corrected chi connectivity index (χ0v) is 10.0. The van der Waals surface area contributed by atoms with E-state index in [9.17, 15) is 13.2 Å². The molecule has 0 aliphatic rings. The number of halogens is 5. The minimum Gasteiger partial charge on any atom is -0.398 e. The minimum absolute atomic E-state index is 0.0919. The highest BCUT2D eigenvalue weighted by atomic mass is 79.9. The average Bonchev–Trinajstić information content (AvgIpc) is 2.07. The fourth-order valence-corrected chi connectivity index (χ4v) is 2.16. The van der Waals surface area contributed by atoms with Crippen molar-refractivity contribution >= 4 is 37.5 Å². The third-order valence-corrected chi connectivity index (χ3v) is 3.22. The first kappa shape index (κ1) is 11.8. The summed E-state index contributed by atoms with van der Waals surface area (Å²) in [7, 11) is 0. The molecule has 1 nitrogen and oxygen atoms in total. The van der Waals surface area contributed by atoms with Crippen molar-refractivity contribution in [3.8, 4) is 0 Å². The van der Waals surface area contributed by atoms with Crippen molar-refractivity contribution < 1.29 is 13.2 Å². The van der Waals surface area contributed by atoms with Crippen LogP contribution in [-0.4, -0.2) is 0 Å². The maximum atomic E-state index is 12.3. The highest BCUT2D eigenvalue weighted by Crippen LogP contribution is 2.35. The van der Waals surface area contributed by atoms with Gasteiger partial charge in [-0.15, -0.1) is 0 Å². The van der Waals surface area contributed by atoms with Gasteiger partial charge in [-0.05, 0) is 33.6 Å². The normalized spacial score (nSPS) is 11.8. The topological polar surface area (TPSA) is 26.0 Å². The van der Waals surface area contributed by atoms with Gasteiger partial charge in [-0.1, -0.05) is 15.9 Å². The van der Waals surface area contributed by atoms with Crippen molar-refractivity contribution in [1.29, 1.82) is 0 Å². The van der Waals surface area contributed by atoms with E-state index in [1.165, 1.54) is 0 Å². The Bertz CT molecular complexity index is 349. The summed E-state index contributed by atoms with van der Waals surface area (Å²) in [6.07, 6.45) is -4.36. The van der Waals surface area contributed by atoms with E-state index in [0.29, 0.717) is 15.4 Å². The molecule has 0 amide bonds. The van der Waals surface area contributed by atoms with Crippen LogP contribution in [-0.2, 0) is 11.5 Å². The van der Waals surface area contributed by atoms with Crippen LogP contribution >= 0.6 is 31.9 Å². The quantitative estimate of drug-likeness (QED) is 0.611. The fraction of sp³-hybridized carbons (Fsp3) is 0.250. The van der Waals surface area contributed by atoms with Gasteiger partial charge in [0.2, 0.25) is 0 Å². The van der Waals surface area contributed by atoms with Gasteiger partial charge in [0, 0.05) is 15.5 Å². The van der Waals surface area contributed by atoms with Crippen molar-refractivity contribution in [1.82, 2.24) is 0 Å². The van der Waals surface area contributed by atoms with Crippen molar-refractivity contribution in [3.05, 3.63) is 27.7 Å². The summed E-state index contributed by atoms with van der Waals surface area (Å²) in [5, 5.41) is 0.321. The van der Waals surface area contributed by atoms with E-state index in [1.807, 2.05) is 0 Å². The van der Waals surface area contributed by atoms with Crippen LogP contribution in [0.15, 0.2) is 16.6 Å². The molecule has 0 radical (unpaired) electrons. The third kappa shape index (κ3) is 2.42. The third-order valence-electron chi connectivity index (χ3n) is 1.65. The van der Waals surface area contributed by atoms with Crippen LogP contribution in [0.1, 0.15) is 11.1 Å². The summed E-state index contributed by atoms with van der Waals surface area (Å²) in [6.45, 7) is 0. The Balaban J connectivity index is 3.30. The van der Waals surface area contributed by atoms with Crippen LogP contribution in [0.5, 0.6) is 0 Å². The molecule has 1 aromatic rings. The molecule has 0 aliphatic heterocycles. The monoisotopic (exact) mass is 331 g/mol. The van der Waals surface area contributed by atoms with Gasteiger partial charge in [0.1, 0.15) is 0 Å². The van der Waals surface area contributed by atoms with Crippen molar-refractivity contribution in [2.75, 3.05) is 5.73 Å². The number of alkyl halides is 4. The molecule has 0 bridgehead atoms. The molecule has 0 spiro atoms. The van der Waals surface area contributed by atoms with Gasteiger partial charge in [-0.2, -0.15) is 13.2 Å². The summed E-state index contributed by atoms with van der Waals surface area (Å²) in [6, 6.07) is 1.98. The Hall–Kier alpha value is -0.230. The number of anilines is 1. The molecular formula is C8H6Br2F3N. The maximum absolute atomic E-state index is 12.3. The predicted molar refractivity (Wildman–Crippen MR) is 56.2 cm³/mol. The summed E-state index contributed by atoms with van der Waals surface area (Å²) in [4.78, 5) is 0. The lowest BCUT2D eigenvalue weighted by Crippen LogP contribution is -2.07. The van der Waals surface area contributed by atoms with Gasteiger partial charge in [-0.3, -0.25) is 0 Å². The molecule has 0 aromatic heterocycles. The van der Waals surface area contributed by atoms with Crippen LogP contribution in [0.3, 0.4) is 0 Å². The zero-order chi connectivity index (χ0) is 10.9. The number of nitrogens with two attached hydrogens (primary N) is 1. The van der Waals surface area contributed by atoms with Crippen LogP contribution in [0.25, 0.3) is 0 Å². The lowest BCUT2D eigenvalue weighted by Gasteiger charge is -2.11. The Kier molecular flexibility index (Phi) is 3.47. The summed E-state index contributed by atoms with van der Waals surface area (Å²) < 4.78 is 37.5. The molecule has 0 fully saturated rings. The molecule has 1 rings (SSSR count). The van der Waals surface area contributed by atoms with Gasteiger partial charge in [0.25, 0.3) is 0 Å². The van der Waals surface area contributed by atoms with Gasteiger partial charge in [0.15, 0.2) is 0 Å². The predicted octanol–water partition coefficient (Wildman–Crippen LogP) is 3.95. The Labute approximate surface area is 95.7 Å². The summed E-state index contributed by atoms with van der Waals surface area (Å²) >= 11 is 6.21. The van der Waals surface area contributed by atoms with Gasteiger partial charge < -0.3 is 5.73 Å². The Morgan fingerprint density at radius 2 is 1.86 bits per heavy atom. The Morgan fingerprint density at radius 3 is 2.29 bits per heavy atom. The van der Waals surface area contributed by atoms with Gasteiger partial charge >= 0.3 is 6.18 Å². The molecule has 0 saturated heterocycles. The molecule has 0 unspecified atom stereocenters. The zero-order valence-electron chi connectivity index (χ0n) is 6.83. The molecular weight excluding hydrogens is 327 g/mol. The first-order valence-corrected chi connectivity index (χ1v) is 5.48. The second kappa shape index (κ2) is 4.10. The van der Waals surface area contributed by atoms with Crippen molar-refractivity contribution in [2.24, 2.45) is 0 Å². The van der Waals surface area contributed by atoms with Crippen LogP contribution in [0, 0.1) is 0 Å². The molecule has 2 N–H and O–H groups in total. The number of hydrogen-bond donors (Lipinski definition) is 1. The van der Waals surface area contributed by atoms with E-state index in [-0.39, 0.29) is 5.69 Å². The van der Waals surface area contributed by atoms with Gasteiger partial charge in [-0.25, -0.2) is 0 Å². The van der Waals surface area contributed by atoms with E-state index in [4.69, 9.17) is 5.73 Å². The number of hydrogen-bond acceptors (Lipinski definition) is 1. The molecule has 0 saturated carbocycles. The second-order valence-electron chi connectivity index (χ2n) is 2.67. The van der Waals surface area contributed by atoms with Crippen molar-refractivity contribution in [3.63, 3.8) is 0 Å². The molecule has 0 atom stereocenters. The first-order chi connectivity index (χ1) is 6.36. The molecule has 78 valence electrons. The van der Waals surface area contributed by atoms with E-state index < -0.39 is 11.7 Å². The maximum Gasteiger partial charge on any atom is 0.416 e. The lowest BCUT2D eigenvalue weighted by atomic mass is 10.1. The fourth-order valence-electron chi connectivity index (χ4n) is 0.970. The second-order valence-corrected chi connectivity index (χ2v) is 4.02. The Morgan fingerprint density at radius 1 is 1.29 bits per heavy atom.